The average molecular weight is 279 g/mol. The van der Waals surface area contributed by atoms with Crippen LogP contribution < -0.4 is 17.0 Å². The zero-order valence-corrected chi connectivity index (χ0v) is 11.6. The van der Waals surface area contributed by atoms with Crippen molar-refractivity contribution in [1.29, 1.82) is 0 Å². The van der Waals surface area contributed by atoms with E-state index in [0.29, 0.717) is 5.69 Å². The third-order valence-electron chi connectivity index (χ3n) is 3.04. The highest BCUT2D eigenvalue weighted by Crippen LogP contribution is 2.28. The fraction of sp³-hybridized carbons (Fsp3) is 0.333. The number of fused-ring (bicyclic) bond motifs is 1. The van der Waals surface area contributed by atoms with Gasteiger partial charge in [-0.1, -0.05) is 25.6 Å². The molecule has 0 radical (unpaired) electrons. The number of carbonyl (C=O) groups is 1. The second-order valence-corrected chi connectivity index (χ2v) is 5.80. The van der Waals surface area contributed by atoms with Crippen molar-refractivity contribution in [3.63, 3.8) is 0 Å². The molecule has 0 saturated heterocycles. The summed E-state index contributed by atoms with van der Waals surface area (Å²) in [4.78, 5) is 19.1. The van der Waals surface area contributed by atoms with Gasteiger partial charge in [-0.25, -0.2) is 10.8 Å². The van der Waals surface area contributed by atoms with Crippen LogP contribution in [0.2, 0.25) is 0 Å². The van der Waals surface area contributed by atoms with E-state index in [2.05, 4.69) is 15.4 Å². The molecule has 6 N–H and O–H groups in total. The molecule has 1 aromatic carbocycles. The van der Waals surface area contributed by atoms with E-state index in [1.54, 1.807) is 0 Å². The standard InChI is InChI=1S/C12H17N5OS/c1-6(11(18)17-14)7(2)19-12-15-9-4-3-8(13)5-10(9)16-12/h3-7H,13-14H2,1-2H3,(H,15,16)(H,17,18). The number of benzene rings is 1. The summed E-state index contributed by atoms with van der Waals surface area (Å²) < 4.78 is 0. The first-order valence-electron chi connectivity index (χ1n) is 5.93. The van der Waals surface area contributed by atoms with Gasteiger partial charge in [0.05, 0.1) is 11.0 Å². The van der Waals surface area contributed by atoms with Crippen LogP contribution in [0.15, 0.2) is 23.4 Å². The Kier molecular flexibility index (Phi) is 3.96. The zero-order valence-electron chi connectivity index (χ0n) is 10.8. The van der Waals surface area contributed by atoms with E-state index in [4.69, 9.17) is 11.6 Å². The molecule has 0 fully saturated rings. The van der Waals surface area contributed by atoms with Crippen LogP contribution in [0.1, 0.15) is 13.8 Å². The lowest BCUT2D eigenvalue weighted by molar-refractivity contribution is -0.124. The van der Waals surface area contributed by atoms with Crippen molar-refractivity contribution in [3.05, 3.63) is 18.2 Å². The van der Waals surface area contributed by atoms with Crippen LogP contribution in [-0.2, 0) is 4.79 Å². The molecule has 102 valence electrons. The molecule has 1 heterocycles. The Morgan fingerprint density at radius 3 is 2.89 bits per heavy atom. The van der Waals surface area contributed by atoms with Crippen LogP contribution in [0.4, 0.5) is 5.69 Å². The summed E-state index contributed by atoms with van der Waals surface area (Å²) in [6.07, 6.45) is 0. The molecule has 2 aromatic rings. The van der Waals surface area contributed by atoms with Crippen molar-refractivity contribution in [1.82, 2.24) is 15.4 Å². The van der Waals surface area contributed by atoms with Gasteiger partial charge in [-0.05, 0) is 18.2 Å². The van der Waals surface area contributed by atoms with Gasteiger partial charge in [-0.3, -0.25) is 10.2 Å². The van der Waals surface area contributed by atoms with Gasteiger partial charge >= 0.3 is 0 Å². The van der Waals surface area contributed by atoms with Gasteiger partial charge in [-0.2, -0.15) is 0 Å². The number of imidazole rings is 1. The van der Waals surface area contributed by atoms with E-state index in [0.717, 1.165) is 16.2 Å². The number of amides is 1. The van der Waals surface area contributed by atoms with Crippen LogP contribution in [0, 0.1) is 5.92 Å². The van der Waals surface area contributed by atoms with Gasteiger partial charge in [-0.15, -0.1) is 0 Å². The zero-order chi connectivity index (χ0) is 14.0. The summed E-state index contributed by atoms with van der Waals surface area (Å²) in [7, 11) is 0. The van der Waals surface area contributed by atoms with E-state index < -0.39 is 0 Å². The Bertz CT molecular complexity index is 597. The van der Waals surface area contributed by atoms with Gasteiger partial charge in [0.1, 0.15) is 0 Å². The minimum atomic E-state index is -0.201. The van der Waals surface area contributed by atoms with Crippen molar-refractivity contribution in [3.8, 4) is 0 Å². The summed E-state index contributed by atoms with van der Waals surface area (Å²) in [6.45, 7) is 3.80. The number of thioether (sulfide) groups is 1. The maximum Gasteiger partial charge on any atom is 0.237 e. The maximum atomic E-state index is 11.5. The molecule has 0 aliphatic rings. The van der Waals surface area contributed by atoms with Gasteiger partial charge < -0.3 is 10.7 Å². The highest BCUT2D eigenvalue weighted by molar-refractivity contribution is 7.99. The lowest BCUT2D eigenvalue weighted by Gasteiger charge is -2.16. The van der Waals surface area contributed by atoms with Crippen molar-refractivity contribution in [2.75, 3.05) is 5.73 Å². The Balaban J connectivity index is 2.15. The number of aromatic nitrogens is 2. The lowest BCUT2D eigenvalue weighted by Crippen LogP contribution is -2.38. The molecule has 0 aliphatic carbocycles. The molecule has 6 nitrogen and oxygen atoms in total. The normalized spacial score (nSPS) is 14.3. The third-order valence-corrected chi connectivity index (χ3v) is 4.24. The smallest absolute Gasteiger partial charge is 0.237 e. The van der Waals surface area contributed by atoms with Crippen LogP contribution in [0.5, 0.6) is 0 Å². The molecule has 0 bridgehead atoms. The molecule has 2 unspecified atom stereocenters. The second kappa shape index (κ2) is 5.50. The minimum Gasteiger partial charge on any atom is -0.399 e. The summed E-state index contributed by atoms with van der Waals surface area (Å²) in [5.41, 5.74) is 10.3. The first-order chi connectivity index (χ1) is 9.01. The molecule has 0 spiro atoms. The van der Waals surface area contributed by atoms with Crippen molar-refractivity contribution in [2.45, 2.75) is 24.3 Å². The predicted molar refractivity (Wildman–Crippen MR) is 77.3 cm³/mol. The highest BCUT2D eigenvalue weighted by Gasteiger charge is 2.21. The average Bonchev–Trinajstić information content (AvgIpc) is 2.77. The van der Waals surface area contributed by atoms with Gasteiger partial charge in [0, 0.05) is 16.9 Å². The second-order valence-electron chi connectivity index (χ2n) is 4.44. The number of anilines is 1. The number of nitrogens with zero attached hydrogens (tertiary/aromatic N) is 1. The fourth-order valence-electron chi connectivity index (χ4n) is 1.68. The highest BCUT2D eigenvalue weighted by atomic mass is 32.2. The van der Waals surface area contributed by atoms with Crippen molar-refractivity contribution < 1.29 is 4.79 Å². The molecule has 1 amide bonds. The quantitative estimate of drug-likeness (QED) is 0.221. The molecular weight excluding hydrogens is 262 g/mol. The largest absolute Gasteiger partial charge is 0.399 e. The number of nitrogens with two attached hydrogens (primary N) is 2. The van der Waals surface area contributed by atoms with Crippen LogP contribution in [0.25, 0.3) is 11.0 Å². The Morgan fingerprint density at radius 2 is 2.21 bits per heavy atom. The lowest BCUT2D eigenvalue weighted by atomic mass is 10.1. The number of hydrogen-bond donors (Lipinski definition) is 4. The molecule has 2 atom stereocenters. The number of hydrogen-bond acceptors (Lipinski definition) is 5. The number of H-pyrrole nitrogens is 1. The molecule has 1 aromatic heterocycles. The molecule has 7 heteroatoms. The predicted octanol–water partition coefficient (Wildman–Crippen LogP) is 1.25. The molecule has 0 aliphatic heterocycles. The first kappa shape index (κ1) is 13.7. The van der Waals surface area contributed by atoms with E-state index >= 15 is 0 Å². The van der Waals surface area contributed by atoms with Crippen molar-refractivity contribution in [2.24, 2.45) is 11.8 Å². The Hall–Kier alpha value is -1.73. The third kappa shape index (κ3) is 2.99. The SMILES string of the molecule is CC(Sc1nc2ccc(N)cc2[nH]1)C(C)C(=O)NN. The van der Waals surface area contributed by atoms with Crippen LogP contribution >= 0.6 is 11.8 Å². The number of rotatable bonds is 4. The van der Waals surface area contributed by atoms with Crippen molar-refractivity contribution >= 4 is 34.4 Å². The number of nitrogen functional groups attached to an aromatic ring is 1. The minimum absolute atomic E-state index is 0.0569. The molecule has 2 rings (SSSR count). The Labute approximate surface area is 115 Å². The van der Waals surface area contributed by atoms with E-state index in [1.807, 2.05) is 32.0 Å². The number of nitrogens with one attached hydrogen (secondary N) is 2. The monoisotopic (exact) mass is 279 g/mol. The van der Waals surface area contributed by atoms with E-state index in [9.17, 15) is 4.79 Å². The van der Waals surface area contributed by atoms with E-state index in [-0.39, 0.29) is 17.1 Å². The summed E-state index contributed by atoms with van der Waals surface area (Å²) in [5.74, 6) is 4.76. The topological polar surface area (TPSA) is 110 Å². The van der Waals surface area contributed by atoms with Crippen LogP contribution in [0.3, 0.4) is 0 Å². The summed E-state index contributed by atoms with van der Waals surface area (Å²) in [6, 6.07) is 5.52. The fourth-order valence-corrected chi connectivity index (χ4v) is 2.68. The van der Waals surface area contributed by atoms with Gasteiger partial charge in [0.2, 0.25) is 5.91 Å². The maximum absolute atomic E-state index is 11.5. The Morgan fingerprint density at radius 1 is 1.47 bits per heavy atom. The number of hydrazine groups is 1. The molecular formula is C12H17N5OS. The van der Waals surface area contributed by atoms with Gasteiger partial charge in [0.15, 0.2) is 5.16 Å². The van der Waals surface area contributed by atoms with E-state index in [1.165, 1.54) is 11.8 Å². The summed E-state index contributed by atoms with van der Waals surface area (Å²) in [5, 5.41) is 0.825. The number of aromatic amines is 1. The molecule has 0 saturated carbocycles. The first-order valence-corrected chi connectivity index (χ1v) is 6.81. The van der Waals surface area contributed by atoms with Crippen LogP contribution in [-0.4, -0.2) is 21.1 Å². The summed E-state index contributed by atoms with van der Waals surface area (Å²) >= 11 is 1.50. The van der Waals surface area contributed by atoms with Gasteiger partial charge in [0.25, 0.3) is 0 Å². The number of carbonyl (C=O) groups excluding carboxylic acids is 1. The molecule has 19 heavy (non-hydrogen) atoms.